The molecule has 0 aliphatic carbocycles. The number of nitrogens with zero attached hydrogens (tertiary/aromatic N) is 3. The molecule has 0 saturated heterocycles. The standard InChI is InChI=1S/C17H17N3O2S/c1-21-14-7-12-13(8-15(14)22-2)18-10-19-17(12)20-5-3-11-4-6-23-16(11)9-20/h4,6-8,10H,3,5,9H2,1-2H3. The number of hydrogen-bond acceptors (Lipinski definition) is 6. The minimum Gasteiger partial charge on any atom is -0.493 e. The van der Waals surface area contributed by atoms with Crippen molar-refractivity contribution in [2.24, 2.45) is 0 Å². The summed E-state index contributed by atoms with van der Waals surface area (Å²) in [6.45, 7) is 1.86. The maximum atomic E-state index is 5.43. The van der Waals surface area contributed by atoms with Crippen molar-refractivity contribution in [3.05, 3.63) is 40.3 Å². The predicted octanol–water partition coefficient (Wildman–Crippen LogP) is 3.27. The molecule has 0 N–H and O–H groups in total. The highest BCUT2D eigenvalue weighted by atomic mass is 32.1. The molecular formula is C17H17N3O2S. The molecule has 0 saturated carbocycles. The fourth-order valence-electron chi connectivity index (χ4n) is 3.04. The van der Waals surface area contributed by atoms with E-state index < -0.39 is 0 Å². The molecule has 0 bridgehead atoms. The van der Waals surface area contributed by atoms with Crippen molar-refractivity contribution in [3.63, 3.8) is 0 Å². The van der Waals surface area contributed by atoms with Gasteiger partial charge in [-0.25, -0.2) is 9.97 Å². The summed E-state index contributed by atoms with van der Waals surface area (Å²) in [4.78, 5) is 12.7. The van der Waals surface area contributed by atoms with Crippen LogP contribution in [0.3, 0.4) is 0 Å². The summed E-state index contributed by atoms with van der Waals surface area (Å²) in [5.41, 5.74) is 2.33. The highest BCUT2D eigenvalue weighted by Crippen LogP contribution is 2.36. The van der Waals surface area contributed by atoms with Crippen LogP contribution < -0.4 is 14.4 Å². The van der Waals surface area contributed by atoms with Gasteiger partial charge in [0.15, 0.2) is 11.5 Å². The Morgan fingerprint density at radius 3 is 2.78 bits per heavy atom. The molecule has 0 spiro atoms. The lowest BCUT2D eigenvalue weighted by molar-refractivity contribution is 0.356. The van der Waals surface area contributed by atoms with E-state index in [0.717, 1.165) is 36.2 Å². The van der Waals surface area contributed by atoms with Gasteiger partial charge in [-0.3, -0.25) is 0 Å². The molecule has 2 aromatic heterocycles. The molecule has 0 atom stereocenters. The van der Waals surface area contributed by atoms with E-state index in [1.807, 2.05) is 23.5 Å². The molecular weight excluding hydrogens is 310 g/mol. The fourth-order valence-corrected chi connectivity index (χ4v) is 3.99. The van der Waals surface area contributed by atoms with Crippen LogP contribution in [0.15, 0.2) is 29.9 Å². The van der Waals surface area contributed by atoms with Crippen LogP contribution in [0, 0.1) is 0 Å². The molecule has 1 aliphatic heterocycles. The van der Waals surface area contributed by atoms with Crippen LogP contribution in [-0.2, 0) is 13.0 Å². The van der Waals surface area contributed by atoms with E-state index in [-0.39, 0.29) is 0 Å². The molecule has 0 fully saturated rings. The molecule has 118 valence electrons. The highest BCUT2D eigenvalue weighted by Gasteiger charge is 2.21. The third kappa shape index (κ3) is 2.39. The number of fused-ring (bicyclic) bond motifs is 2. The lowest BCUT2D eigenvalue weighted by Gasteiger charge is -2.28. The van der Waals surface area contributed by atoms with Gasteiger partial charge < -0.3 is 14.4 Å². The Hall–Kier alpha value is -2.34. The number of thiophene rings is 1. The first-order valence-electron chi connectivity index (χ1n) is 7.47. The van der Waals surface area contributed by atoms with Gasteiger partial charge in [0, 0.05) is 22.9 Å². The highest BCUT2D eigenvalue weighted by molar-refractivity contribution is 7.10. The summed E-state index contributed by atoms with van der Waals surface area (Å²) >= 11 is 1.81. The number of ether oxygens (including phenoxy) is 2. The number of anilines is 1. The Kier molecular flexibility index (Phi) is 3.53. The van der Waals surface area contributed by atoms with E-state index >= 15 is 0 Å². The molecule has 4 rings (SSSR count). The maximum absolute atomic E-state index is 5.43. The smallest absolute Gasteiger partial charge is 0.162 e. The molecule has 3 heterocycles. The van der Waals surface area contributed by atoms with Gasteiger partial charge in [-0.15, -0.1) is 11.3 Å². The second kappa shape index (κ2) is 5.70. The molecule has 5 nitrogen and oxygen atoms in total. The van der Waals surface area contributed by atoms with Crippen LogP contribution in [0.2, 0.25) is 0 Å². The Morgan fingerprint density at radius 2 is 1.96 bits per heavy atom. The molecule has 0 radical (unpaired) electrons. The van der Waals surface area contributed by atoms with E-state index in [9.17, 15) is 0 Å². The summed E-state index contributed by atoms with van der Waals surface area (Å²) in [6, 6.07) is 6.09. The quantitative estimate of drug-likeness (QED) is 0.739. The second-order valence-electron chi connectivity index (χ2n) is 5.46. The van der Waals surface area contributed by atoms with Crippen molar-refractivity contribution in [2.75, 3.05) is 25.7 Å². The molecule has 1 aromatic carbocycles. The Balaban J connectivity index is 1.81. The van der Waals surface area contributed by atoms with E-state index in [1.54, 1.807) is 20.5 Å². The van der Waals surface area contributed by atoms with E-state index in [4.69, 9.17) is 9.47 Å². The van der Waals surface area contributed by atoms with Crippen LogP contribution in [0.4, 0.5) is 5.82 Å². The van der Waals surface area contributed by atoms with Gasteiger partial charge in [0.2, 0.25) is 0 Å². The number of methoxy groups -OCH3 is 2. The van der Waals surface area contributed by atoms with Crippen molar-refractivity contribution < 1.29 is 9.47 Å². The van der Waals surface area contributed by atoms with Gasteiger partial charge in [0.25, 0.3) is 0 Å². The molecule has 0 unspecified atom stereocenters. The van der Waals surface area contributed by atoms with Gasteiger partial charge in [0.1, 0.15) is 12.1 Å². The van der Waals surface area contributed by atoms with Crippen LogP contribution in [0.25, 0.3) is 10.9 Å². The molecule has 23 heavy (non-hydrogen) atoms. The number of rotatable bonds is 3. The van der Waals surface area contributed by atoms with Crippen LogP contribution in [-0.4, -0.2) is 30.7 Å². The minimum absolute atomic E-state index is 0.684. The third-order valence-corrected chi connectivity index (χ3v) is 5.19. The maximum Gasteiger partial charge on any atom is 0.162 e. The number of hydrogen-bond donors (Lipinski definition) is 0. The van der Waals surface area contributed by atoms with Gasteiger partial charge in [-0.2, -0.15) is 0 Å². The molecule has 6 heteroatoms. The number of aromatic nitrogens is 2. The summed E-state index contributed by atoms with van der Waals surface area (Å²) in [5.74, 6) is 2.34. The van der Waals surface area contributed by atoms with Gasteiger partial charge in [-0.05, 0) is 29.5 Å². The second-order valence-corrected chi connectivity index (χ2v) is 6.46. The van der Waals surface area contributed by atoms with E-state index in [1.165, 1.54) is 10.4 Å². The molecule has 1 aliphatic rings. The zero-order chi connectivity index (χ0) is 15.8. The first-order chi connectivity index (χ1) is 11.3. The zero-order valence-electron chi connectivity index (χ0n) is 13.1. The van der Waals surface area contributed by atoms with E-state index in [0.29, 0.717) is 11.5 Å². The van der Waals surface area contributed by atoms with Gasteiger partial charge >= 0.3 is 0 Å². The zero-order valence-corrected chi connectivity index (χ0v) is 13.9. The molecule has 0 amide bonds. The third-order valence-electron chi connectivity index (χ3n) is 4.24. The lowest BCUT2D eigenvalue weighted by atomic mass is 10.1. The van der Waals surface area contributed by atoms with Crippen LogP contribution >= 0.6 is 11.3 Å². The van der Waals surface area contributed by atoms with Gasteiger partial charge in [0.05, 0.1) is 26.3 Å². The first-order valence-corrected chi connectivity index (χ1v) is 8.35. The van der Waals surface area contributed by atoms with Crippen molar-refractivity contribution in [2.45, 2.75) is 13.0 Å². The fraction of sp³-hybridized carbons (Fsp3) is 0.294. The lowest BCUT2D eigenvalue weighted by Crippen LogP contribution is -2.30. The number of benzene rings is 1. The van der Waals surface area contributed by atoms with Crippen molar-refractivity contribution >= 4 is 28.1 Å². The van der Waals surface area contributed by atoms with Crippen molar-refractivity contribution in [1.82, 2.24) is 9.97 Å². The topological polar surface area (TPSA) is 47.5 Å². The summed E-state index contributed by atoms with van der Waals surface area (Å²) < 4.78 is 10.8. The Morgan fingerprint density at radius 1 is 1.13 bits per heavy atom. The normalized spacial score (nSPS) is 13.9. The average Bonchev–Trinajstić information content (AvgIpc) is 3.07. The Labute approximate surface area is 138 Å². The minimum atomic E-state index is 0.684. The largest absolute Gasteiger partial charge is 0.493 e. The van der Waals surface area contributed by atoms with E-state index in [2.05, 4.69) is 26.3 Å². The monoisotopic (exact) mass is 327 g/mol. The summed E-state index contributed by atoms with van der Waals surface area (Å²) in [6.07, 6.45) is 2.67. The van der Waals surface area contributed by atoms with Crippen LogP contribution in [0.5, 0.6) is 11.5 Å². The SMILES string of the molecule is COc1cc2ncnc(N3CCc4ccsc4C3)c2cc1OC. The molecule has 3 aromatic rings. The van der Waals surface area contributed by atoms with Crippen LogP contribution in [0.1, 0.15) is 10.4 Å². The summed E-state index contributed by atoms with van der Waals surface area (Å²) in [5, 5.41) is 3.16. The van der Waals surface area contributed by atoms with Crippen molar-refractivity contribution in [1.29, 1.82) is 0 Å². The first kappa shape index (κ1) is 14.3. The summed E-state index contributed by atoms with van der Waals surface area (Å²) in [7, 11) is 3.28. The van der Waals surface area contributed by atoms with Gasteiger partial charge in [-0.1, -0.05) is 0 Å². The average molecular weight is 327 g/mol. The Bertz CT molecular complexity index is 862. The van der Waals surface area contributed by atoms with Crippen molar-refractivity contribution in [3.8, 4) is 11.5 Å². The predicted molar refractivity (Wildman–Crippen MR) is 91.7 cm³/mol.